The molecule has 3 aliphatic rings. The van der Waals surface area contributed by atoms with Gasteiger partial charge in [0.05, 0.1) is 0 Å². The standard InChI is InChI=1S/C27H39N3O/c1-26(2)16-21(17-27(3,4)19-26)22-9-7-8-10-24(22)30-13-11-29(12-14-30)18-20-15-23(20)25(31)28(5)6/h7-14,20-21,23H,15-19H2,1-6H3. The predicted molar refractivity (Wildman–Crippen MR) is 128 cm³/mol. The molecule has 0 bridgehead atoms. The minimum Gasteiger partial charge on any atom is -0.351 e. The first kappa shape index (κ1) is 22.0. The van der Waals surface area contributed by atoms with Gasteiger partial charge in [-0.1, -0.05) is 45.9 Å². The lowest BCUT2D eigenvalue weighted by Gasteiger charge is -2.46. The molecule has 0 aromatic heterocycles. The molecule has 168 valence electrons. The first-order valence-electron chi connectivity index (χ1n) is 11.8. The van der Waals surface area contributed by atoms with Crippen molar-refractivity contribution in [3.63, 3.8) is 0 Å². The van der Waals surface area contributed by atoms with Gasteiger partial charge in [0.2, 0.25) is 5.91 Å². The van der Waals surface area contributed by atoms with Gasteiger partial charge in [-0.25, -0.2) is 0 Å². The van der Waals surface area contributed by atoms with Crippen LogP contribution in [0, 0.1) is 22.7 Å². The Hall–Kier alpha value is -2.23. The van der Waals surface area contributed by atoms with Gasteiger partial charge in [0.1, 0.15) is 0 Å². The summed E-state index contributed by atoms with van der Waals surface area (Å²) in [6.45, 7) is 10.6. The average Bonchev–Trinajstić information content (AvgIpc) is 3.44. The number of benzene rings is 1. The van der Waals surface area contributed by atoms with Gasteiger partial charge in [-0.15, -0.1) is 0 Å². The van der Waals surface area contributed by atoms with Gasteiger partial charge in [0.15, 0.2) is 0 Å². The van der Waals surface area contributed by atoms with Crippen LogP contribution in [0.1, 0.15) is 64.9 Å². The van der Waals surface area contributed by atoms with Crippen LogP contribution in [0.5, 0.6) is 0 Å². The van der Waals surface area contributed by atoms with E-state index in [2.05, 4.69) is 86.6 Å². The average molecular weight is 422 g/mol. The maximum atomic E-state index is 12.1. The normalized spacial score (nSPS) is 26.8. The van der Waals surface area contributed by atoms with Gasteiger partial charge < -0.3 is 14.7 Å². The van der Waals surface area contributed by atoms with E-state index in [-0.39, 0.29) is 11.8 Å². The van der Waals surface area contributed by atoms with Crippen LogP contribution >= 0.6 is 0 Å². The van der Waals surface area contributed by atoms with Crippen molar-refractivity contribution in [2.45, 2.75) is 59.3 Å². The van der Waals surface area contributed by atoms with Crippen LogP contribution in [0.25, 0.3) is 0 Å². The molecule has 4 rings (SSSR count). The minimum absolute atomic E-state index is 0.202. The van der Waals surface area contributed by atoms with E-state index in [1.807, 2.05) is 14.1 Å². The molecule has 1 aromatic rings. The Balaban J connectivity index is 1.45. The summed E-state index contributed by atoms with van der Waals surface area (Å²) in [4.78, 5) is 18.3. The monoisotopic (exact) mass is 421 g/mol. The second-order valence-corrected chi connectivity index (χ2v) is 11.7. The molecule has 2 unspecified atom stereocenters. The first-order valence-corrected chi connectivity index (χ1v) is 11.8. The van der Waals surface area contributed by atoms with Crippen molar-refractivity contribution in [3.8, 4) is 0 Å². The molecule has 0 saturated heterocycles. The van der Waals surface area contributed by atoms with Crippen LogP contribution in [0.15, 0.2) is 49.1 Å². The molecule has 1 aliphatic heterocycles. The highest BCUT2D eigenvalue weighted by Crippen LogP contribution is 2.53. The zero-order valence-electron chi connectivity index (χ0n) is 20.1. The third-order valence-corrected chi connectivity index (χ3v) is 7.17. The fraction of sp³-hybridized carbons (Fsp3) is 0.593. The molecule has 2 saturated carbocycles. The number of amides is 1. The lowest BCUT2D eigenvalue weighted by Crippen LogP contribution is -2.33. The summed E-state index contributed by atoms with van der Waals surface area (Å²) in [5, 5.41) is 0. The Bertz CT molecular complexity index is 852. The fourth-order valence-corrected chi connectivity index (χ4v) is 6.18. The molecule has 1 amide bonds. The number of nitrogens with zero attached hydrogens (tertiary/aromatic N) is 3. The quantitative estimate of drug-likeness (QED) is 0.601. The number of carbonyl (C=O) groups is 1. The smallest absolute Gasteiger partial charge is 0.225 e. The Labute approximate surface area is 188 Å². The zero-order valence-corrected chi connectivity index (χ0v) is 20.1. The number of rotatable bonds is 5. The number of hydrogen-bond donors (Lipinski definition) is 0. The largest absolute Gasteiger partial charge is 0.351 e. The van der Waals surface area contributed by atoms with E-state index >= 15 is 0 Å². The van der Waals surface area contributed by atoms with E-state index in [0.29, 0.717) is 22.7 Å². The van der Waals surface area contributed by atoms with Gasteiger partial charge in [0.25, 0.3) is 0 Å². The summed E-state index contributed by atoms with van der Waals surface area (Å²) in [6, 6.07) is 8.91. The maximum Gasteiger partial charge on any atom is 0.225 e. The van der Waals surface area contributed by atoms with Gasteiger partial charge in [-0.05, 0) is 60.0 Å². The minimum atomic E-state index is 0.202. The Morgan fingerprint density at radius 3 is 2.23 bits per heavy atom. The number of anilines is 1. The lowest BCUT2D eigenvalue weighted by atomic mass is 9.60. The number of para-hydroxylation sites is 1. The van der Waals surface area contributed by atoms with E-state index in [1.165, 1.54) is 30.5 Å². The predicted octanol–water partition coefficient (Wildman–Crippen LogP) is 5.80. The van der Waals surface area contributed by atoms with Crippen LogP contribution in [0.2, 0.25) is 0 Å². The van der Waals surface area contributed by atoms with Crippen molar-refractivity contribution in [2.75, 3.05) is 25.5 Å². The fourth-order valence-electron chi connectivity index (χ4n) is 6.18. The molecule has 0 spiro atoms. The zero-order chi connectivity index (χ0) is 22.4. The lowest BCUT2D eigenvalue weighted by molar-refractivity contribution is -0.130. The van der Waals surface area contributed by atoms with Crippen LogP contribution in [0.4, 0.5) is 5.69 Å². The summed E-state index contributed by atoms with van der Waals surface area (Å²) in [6.07, 6.45) is 13.4. The molecule has 0 radical (unpaired) electrons. The van der Waals surface area contributed by atoms with Gasteiger partial charge in [0, 0.05) is 57.0 Å². The third-order valence-electron chi connectivity index (χ3n) is 7.17. The summed E-state index contributed by atoms with van der Waals surface area (Å²) in [7, 11) is 3.70. The first-order chi connectivity index (χ1) is 14.5. The van der Waals surface area contributed by atoms with Crippen molar-refractivity contribution in [1.82, 2.24) is 9.80 Å². The molecule has 2 fully saturated rings. The third kappa shape index (κ3) is 4.99. The van der Waals surface area contributed by atoms with Crippen molar-refractivity contribution in [3.05, 3.63) is 54.6 Å². The summed E-state index contributed by atoms with van der Waals surface area (Å²) >= 11 is 0. The summed E-state index contributed by atoms with van der Waals surface area (Å²) in [5.41, 5.74) is 3.49. The molecular formula is C27H39N3O. The van der Waals surface area contributed by atoms with Crippen molar-refractivity contribution in [1.29, 1.82) is 0 Å². The topological polar surface area (TPSA) is 26.8 Å². The molecular weight excluding hydrogens is 382 g/mol. The highest BCUT2D eigenvalue weighted by Gasteiger charge is 2.44. The van der Waals surface area contributed by atoms with Crippen LogP contribution in [-0.2, 0) is 4.79 Å². The van der Waals surface area contributed by atoms with Crippen LogP contribution < -0.4 is 4.90 Å². The second-order valence-electron chi connectivity index (χ2n) is 11.7. The van der Waals surface area contributed by atoms with Gasteiger partial charge >= 0.3 is 0 Å². The van der Waals surface area contributed by atoms with Gasteiger partial charge in [-0.3, -0.25) is 4.79 Å². The van der Waals surface area contributed by atoms with Crippen LogP contribution in [0.3, 0.4) is 0 Å². The van der Waals surface area contributed by atoms with E-state index in [1.54, 1.807) is 4.90 Å². The maximum absolute atomic E-state index is 12.1. The number of hydrogen-bond acceptors (Lipinski definition) is 3. The molecule has 1 aromatic carbocycles. The highest BCUT2D eigenvalue weighted by atomic mass is 16.2. The summed E-state index contributed by atoms with van der Waals surface area (Å²) in [5.74, 6) is 1.52. The Kier molecular flexibility index (Phi) is 5.70. The van der Waals surface area contributed by atoms with E-state index < -0.39 is 0 Å². The molecule has 0 N–H and O–H groups in total. The van der Waals surface area contributed by atoms with Crippen molar-refractivity contribution in [2.24, 2.45) is 22.7 Å². The van der Waals surface area contributed by atoms with E-state index in [0.717, 1.165) is 13.0 Å². The van der Waals surface area contributed by atoms with Crippen molar-refractivity contribution >= 4 is 11.6 Å². The molecule has 1 heterocycles. The molecule has 2 atom stereocenters. The molecule has 4 heteroatoms. The highest BCUT2D eigenvalue weighted by molar-refractivity contribution is 5.81. The molecule has 31 heavy (non-hydrogen) atoms. The molecule has 4 nitrogen and oxygen atoms in total. The Morgan fingerprint density at radius 1 is 1.00 bits per heavy atom. The van der Waals surface area contributed by atoms with E-state index in [9.17, 15) is 4.79 Å². The second kappa shape index (κ2) is 8.03. The number of carbonyl (C=O) groups excluding carboxylic acids is 1. The van der Waals surface area contributed by atoms with E-state index in [4.69, 9.17) is 0 Å². The van der Waals surface area contributed by atoms with Gasteiger partial charge in [-0.2, -0.15) is 0 Å². The van der Waals surface area contributed by atoms with Crippen molar-refractivity contribution < 1.29 is 4.79 Å². The van der Waals surface area contributed by atoms with Crippen LogP contribution in [-0.4, -0.2) is 36.3 Å². The Morgan fingerprint density at radius 2 is 1.61 bits per heavy atom. The summed E-state index contributed by atoms with van der Waals surface area (Å²) < 4.78 is 0. The SMILES string of the molecule is CN(C)C(=O)C1CC1CN1C=CN(c2ccccc2C2CC(C)(C)CC(C)(C)C2)C=C1. The molecule has 2 aliphatic carbocycles.